The quantitative estimate of drug-likeness (QED) is 0.895. The van der Waals surface area contributed by atoms with Crippen LogP contribution in [-0.4, -0.2) is 13.4 Å². The van der Waals surface area contributed by atoms with Gasteiger partial charge in [0, 0.05) is 18.4 Å². The van der Waals surface area contributed by atoms with Crippen LogP contribution < -0.4 is 10.5 Å². The Balaban J connectivity index is 2.26. The summed E-state index contributed by atoms with van der Waals surface area (Å²) in [6, 6.07) is 3.04. The zero-order valence-corrected chi connectivity index (χ0v) is 11.3. The van der Waals surface area contributed by atoms with E-state index in [9.17, 15) is 8.42 Å². The van der Waals surface area contributed by atoms with E-state index in [1.165, 1.54) is 29.8 Å². The van der Waals surface area contributed by atoms with E-state index >= 15 is 0 Å². The number of nitrogen functional groups attached to an aromatic ring is 1. The molecule has 0 radical (unpaired) electrons. The van der Waals surface area contributed by atoms with Crippen LogP contribution in [0.2, 0.25) is 0 Å². The summed E-state index contributed by atoms with van der Waals surface area (Å²) in [5, 5.41) is 3.80. The van der Waals surface area contributed by atoms with Crippen LogP contribution in [0, 0.1) is 0 Å². The van der Waals surface area contributed by atoms with Gasteiger partial charge >= 0.3 is 0 Å². The Labute approximate surface area is 110 Å². The fraction of sp³-hybridized carbons (Fsp3) is 0.182. The Morgan fingerprint density at radius 1 is 1.44 bits per heavy atom. The Morgan fingerprint density at radius 2 is 2.22 bits per heavy atom. The minimum absolute atomic E-state index is 0.00656. The summed E-state index contributed by atoms with van der Waals surface area (Å²) in [6.07, 6.45) is 2.70. The molecule has 7 heteroatoms. The number of thiophene rings is 1. The number of aromatic nitrogens is 1. The van der Waals surface area contributed by atoms with Crippen molar-refractivity contribution in [1.29, 1.82) is 0 Å². The summed E-state index contributed by atoms with van der Waals surface area (Å²) >= 11 is 1.52. The van der Waals surface area contributed by atoms with E-state index in [1.807, 2.05) is 16.8 Å². The lowest BCUT2D eigenvalue weighted by atomic mass is 10.2. The molecule has 0 amide bonds. The minimum atomic E-state index is -3.65. The monoisotopic (exact) mass is 283 g/mol. The van der Waals surface area contributed by atoms with E-state index in [4.69, 9.17) is 5.73 Å². The van der Waals surface area contributed by atoms with Crippen LogP contribution in [0.5, 0.6) is 0 Å². The number of sulfonamides is 1. The minimum Gasteiger partial charge on any atom is -0.398 e. The molecule has 0 aliphatic heterocycles. The molecule has 2 heterocycles. The molecule has 0 aliphatic rings. The van der Waals surface area contributed by atoms with Crippen LogP contribution in [0.1, 0.15) is 18.5 Å². The maximum absolute atomic E-state index is 12.1. The van der Waals surface area contributed by atoms with E-state index < -0.39 is 10.0 Å². The van der Waals surface area contributed by atoms with Gasteiger partial charge in [-0.15, -0.1) is 0 Å². The van der Waals surface area contributed by atoms with E-state index in [2.05, 4.69) is 9.71 Å². The number of rotatable bonds is 4. The molecule has 1 atom stereocenters. The molecule has 0 saturated carbocycles. The molecule has 0 fully saturated rings. The van der Waals surface area contributed by atoms with Crippen molar-refractivity contribution in [1.82, 2.24) is 9.71 Å². The third-order valence-corrected chi connectivity index (χ3v) is 4.77. The topological polar surface area (TPSA) is 85.1 Å². The lowest BCUT2D eigenvalue weighted by Crippen LogP contribution is -2.27. The van der Waals surface area contributed by atoms with Crippen molar-refractivity contribution in [3.63, 3.8) is 0 Å². The van der Waals surface area contributed by atoms with Gasteiger partial charge in [0.25, 0.3) is 0 Å². The van der Waals surface area contributed by atoms with E-state index in [-0.39, 0.29) is 16.6 Å². The van der Waals surface area contributed by atoms with E-state index in [1.54, 1.807) is 6.92 Å². The van der Waals surface area contributed by atoms with Gasteiger partial charge in [-0.2, -0.15) is 11.3 Å². The maximum atomic E-state index is 12.1. The fourth-order valence-corrected chi connectivity index (χ4v) is 3.56. The van der Waals surface area contributed by atoms with Crippen molar-refractivity contribution in [3.8, 4) is 0 Å². The largest absolute Gasteiger partial charge is 0.398 e. The highest BCUT2D eigenvalue weighted by Crippen LogP contribution is 2.21. The molecule has 0 bridgehead atoms. The number of hydrogen-bond donors (Lipinski definition) is 2. The average molecular weight is 283 g/mol. The van der Waals surface area contributed by atoms with Gasteiger partial charge in [0.1, 0.15) is 4.90 Å². The van der Waals surface area contributed by atoms with Gasteiger partial charge in [-0.3, -0.25) is 4.98 Å². The van der Waals surface area contributed by atoms with Gasteiger partial charge in [0.2, 0.25) is 10.0 Å². The van der Waals surface area contributed by atoms with Gasteiger partial charge in [0.05, 0.1) is 5.69 Å². The molecule has 1 unspecified atom stereocenters. The predicted molar refractivity (Wildman–Crippen MR) is 71.7 cm³/mol. The molecule has 2 aromatic heterocycles. The van der Waals surface area contributed by atoms with Crippen LogP contribution in [-0.2, 0) is 10.0 Å². The summed E-state index contributed by atoms with van der Waals surface area (Å²) in [6.45, 7) is 1.78. The van der Waals surface area contributed by atoms with Crippen molar-refractivity contribution < 1.29 is 8.42 Å². The van der Waals surface area contributed by atoms with Crippen LogP contribution in [0.25, 0.3) is 0 Å². The normalized spacial score (nSPS) is 13.4. The smallest absolute Gasteiger partial charge is 0.244 e. The first kappa shape index (κ1) is 13.0. The first-order valence-corrected chi connectivity index (χ1v) is 7.67. The number of hydrogen-bond acceptors (Lipinski definition) is 5. The van der Waals surface area contributed by atoms with Gasteiger partial charge in [-0.25, -0.2) is 13.1 Å². The van der Waals surface area contributed by atoms with E-state index in [0.717, 1.165) is 5.56 Å². The number of anilines is 1. The molecule has 96 valence electrons. The summed E-state index contributed by atoms with van der Waals surface area (Å²) in [5.41, 5.74) is 6.76. The second-order valence-corrected chi connectivity index (χ2v) is 6.28. The summed E-state index contributed by atoms with van der Waals surface area (Å²) < 4.78 is 26.8. The molecular weight excluding hydrogens is 270 g/mol. The van der Waals surface area contributed by atoms with Crippen molar-refractivity contribution in [2.75, 3.05) is 5.73 Å². The number of pyridine rings is 1. The maximum Gasteiger partial charge on any atom is 0.244 e. The molecule has 0 aliphatic carbocycles. The summed E-state index contributed by atoms with van der Waals surface area (Å²) in [4.78, 5) is 3.79. The first-order chi connectivity index (χ1) is 8.50. The zero-order chi connectivity index (χ0) is 13.2. The standard InChI is InChI=1S/C11H13N3O2S2/c1-8(9-3-5-17-7-9)14-18(15,16)11-6-13-4-2-10(11)12/h2-8,14H,1H3,(H2,12,13). The van der Waals surface area contributed by atoms with Crippen LogP contribution in [0.3, 0.4) is 0 Å². The molecule has 0 spiro atoms. The first-order valence-electron chi connectivity index (χ1n) is 5.24. The molecule has 18 heavy (non-hydrogen) atoms. The predicted octanol–water partition coefficient (Wildman–Crippen LogP) is 1.76. The Morgan fingerprint density at radius 3 is 2.83 bits per heavy atom. The van der Waals surface area contributed by atoms with Gasteiger partial charge < -0.3 is 5.73 Å². The molecule has 3 N–H and O–H groups in total. The zero-order valence-electron chi connectivity index (χ0n) is 9.70. The lowest BCUT2D eigenvalue weighted by molar-refractivity contribution is 0.567. The third kappa shape index (κ3) is 2.69. The third-order valence-electron chi connectivity index (χ3n) is 2.48. The number of nitrogens with two attached hydrogens (primary N) is 1. The molecule has 0 aromatic carbocycles. The fourth-order valence-electron chi connectivity index (χ4n) is 1.50. The second kappa shape index (κ2) is 5.05. The molecule has 0 saturated heterocycles. The van der Waals surface area contributed by atoms with Crippen molar-refractivity contribution in [3.05, 3.63) is 40.8 Å². The summed E-state index contributed by atoms with van der Waals surface area (Å²) in [5.74, 6) is 0. The highest BCUT2D eigenvalue weighted by atomic mass is 32.2. The average Bonchev–Trinajstić information content (AvgIpc) is 2.82. The van der Waals surface area contributed by atoms with Gasteiger partial charge in [0.15, 0.2) is 0 Å². The van der Waals surface area contributed by atoms with Crippen molar-refractivity contribution in [2.45, 2.75) is 17.9 Å². The number of nitrogens with one attached hydrogen (secondary N) is 1. The highest BCUT2D eigenvalue weighted by molar-refractivity contribution is 7.89. The van der Waals surface area contributed by atoms with Crippen LogP contribution in [0.15, 0.2) is 40.2 Å². The highest BCUT2D eigenvalue weighted by Gasteiger charge is 2.21. The Bertz CT molecular complexity index is 623. The van der Waals surface area contributed by atoms with Crippen molar-refractivity contribution >= 4 is 27.0 Å². The SMILES string of the molecule is CC(NS(=O)(=O)c1cnccc1N)c1ccsc1. The Kier molecular flexibility index (Phi) is 3.65. The molecular formula is C11H13N3O2S2. The second-order valence-electron chi connectivity index (χ2n) is 3.81. The van der Waals surface area contributed by atoms with E-state index in [0.29, 0.717) is 0 Å². The van der Waals surface area contributed by atoms with Gasteiger partial charge in [-0.05, 0) is 35.4 Å². The number of nitrogens with zero attached hydrogens (tertiary/aromatic N) is 1. The molecule has 2 rings (SSSR count). The van der Waals surface area contributed by atoms with Crippen LogP contribution in [0.4, 0.5) is 5.69 Å². The Hall–Kier alpha value is -1.44. The van der Waals surface area contributed by atoms with Gasteiger partial charge in [-0.1, -0.05) is 0 Å². The molecule has 2 aromatic rings. The van der Waals surface area contributed by atoms with Crippen LogP contribution >= 0.6 is 11.3 Å². The molecule has 5 nitrogen and oxygen atoms in total. The van der Waals surface area contributed by atoms with Crippen molar-refractivity contribution in [2.24, 2.45) is 0 Å². The lowest BCUT2D eigenvalue weighted by Gasteiger charge is -2.13. The summed E-state index contributed by atoms with van der Waals surface area (Å²) in [7, 11) is -3.65.